The number of nitrogens with one attached hydrogen (secondary N) is 1. The minimum atomic E-state index is 0.0524. The zero-order valence-corrected chi connectivity index (χ0v) is 9.29. The van der Waals surface area contributed by atoms with Crippen LogP contribution in [0.25, 0.3) is 0 Å². The predicted molar refractivity (Wildman–Crippen MR) is 62.5 cm³/mol. The minimum Gasteiger partial charge on any atom is -0.490 e. The highest BCUT2D eigenvalue weighted by Crippen LogP contribution is 2.20. The molecule has 0 saturated carbocycles. The van der Waals surface area contributed by atoms with Crippen molar-refractivity contribution >= 4 is 5.84 Å². The maximum atomic E-state index is 7.43. The van der Waals surface area contributed by atoms with Crippen LogP contribution in [-0.4, -0.2) is 11.9 Å². The quantitative estimate of drug-likeness (QED) is 0.574. The van der Waals surface area contributed by atoms with Crippen LogP contribution >= 0.6 is 0 Å². The van der Waals surface area contributed by atoms with Gasteiger partial charge in [0.1, 0.15) is 11.6 Å². The maximum absolute atomic E-state index is 7.43. The van der Waals surface area contributed by atoms with Crippen LogP contribution in [0.5, 0.6) is 5.75 Å². The lowest BCUT2D eigenvalue weighted by Crippen LogP contribution is -2.18. The highest BCUT2D eigenvalue weighted by Gasteiger charge is 2.10. The summed E-state index contributed by atoms with van der Waals surface area (Å²) in [6.45, 7) is 4.18. The van der Waals surface area contributed by atoms with E-state index in [9.17, 15) is 0 Å². The molecule has 82 valence electrons. The Hall–Kier alpha value is -1.51. The summed E-state index contributed by atoms with van der Waals surface area (Å²) >= 11 is 0. The van der Waals surface area contributed by atoms with Crippen molar-refractivity contribution in [3.63, 3.8) is 0 Å². The van der Waals surface area contributed by atoms with Crippen LogP contribution in [-0.2, 0) is 0 Å². The third kappa shape index (κ3) is 2.98. The molecule has 0 aliphatic heterocycles. The molecule has 0 amide bonds. The number of hydrogen-bond acceptors (Lipinski definition) is 2. The summed E-state index contributed by atoms with van der Waals surface area (Å²) in [6, 6.07) is 7.41. The summed E-state index contributed by atoms with van der Waals surface area (Å²) in [5.74, 6) is 0.759. The molecule has 0 radical (unpaired) electrons. The van der Waals surface area contributed by atoms with E-state index < -0.39 is 0 Å². The molecule has 3 nitrogen and oxygen atoms in total. The maximum Gasteiger partial charge on any atom is 0.130 e. The highest BCUT2D eigenvalue weighted by molar-refractivity contribution is 5.97. The van der Waals surface area contributed by atoms with Gasteiger partial charge in [0.25, 0.3) is 0 Å². The lowest BCUT2D eigenvalue weighted by Gasteiger charge is -2.17. The fourth-order valence-electron chi connectivity index (χ4n) is 1.43. The average molecular weight is 206 g/mol. The fraction of sp³-hybridized carbons (Fsp3) is 0.417. The van der Waals surface area contributed by atoms with Crippen molar-refractivity contribution in [3.8, 4) is 5.75 Å². The molecular formula is C12H18N2O. The van der Waals surface area contributed by atoms with E-state index in [4.69, 9.17) is 15.9 Å². The second-order valence-corrected chi connectivity index (χ2v) is 3.47. The molecular weight excluding hydrogens is 188 g/mol. The third-order valence-corrected chi connectivity index (χ3v) is 2.38. The van der Waals surface area contributed by atoms with Crippen LogP contribution < -0.4 is 10.5 Å². The molecule has 1 aromatic rings. The molecule has 1 rings (SSSR count). The molecule has 0 saturated heterocycles. The third-order valence-electron chi connectivity index (χ3n) is 2.38. The van der Waals surface area contributed by atoms with Gasteiger partial charge < -0.3 is 10.5 Å². The van der Waals surface area contributed by atoms with E-state index in [1.807, 2.05) is 18.2 Å². The second-order valence-electron chi connectivity index (χ2n) is 3.47. The molecule has 0 spiro atoms. The van der Waals surface area contributed by atoms with Crippen molar-refractivity contribution in [1.29, 1.82) is 5.41 Å². The van der Waals surface area contributed by atoms with Gasteiger partial charge in [-0.25, -0.2) is 0 Å². The van der Waals surface area contributed by atoms with E-state index in [0.717, 1.165) is 12.8 Å². The van der Waals surface area contributed by atoms with Gasteiger partial charge in [0.05, 0.1) is 11.7 Å². The average Bonchev–Trinajstić information content (AvgIpc) is 2.26. The smallest absolute Gasteiger partial charge is 0.130 e. The van der Waals surface area contributed by atoms with Crippen molar-refractivity contribution in [1.82, 2.24) is 0 Å². The first-order chi connectivity index (χ1) is 7.19. The molecule has 0 unspecified atom stereocenters. The fourth-order valence-corrected chi connectivity index (χ4v) is 1.43. The number of para-hydroxylation sites is 1. The normalized spacial score (nSPS) is 10.3. The van der Waals surface area contributed by atoms with Gasteiger partial charge in [-0.1, -0.05) is 26.0 Å². The Morgan fingerprint density at radius 3 is 2.47 bits per heavy atom. The Morgan fingerprint density at radius 1 is 1.33 bits per heavy atom. The van der Waals surface area contributed by atoms with Crippen molar-refractivity contribution in [3.05, 3.63) is 29.8 Å². The first kappa shape index (κ1) is 11.6. The molecule has 0 bridgehead atoms. The Morgan fingerprint density at radius 2 is 1.93 bits per heavy atom. The molecule has 3 heteroatoms. The van der Waals surface area contributed by atoms with Gasteiger partial charge >= 0.3 is 0 Å². The summed E-state index contributed by atoms with van der Waals surface area (Å²) < 4.78 is 5.78. The number of ether oxygens (including phenoxy) is 1. The van der Waals surface area contributed by atoms with Gasteiger partial charge in [-0.2, -0.15) is 0 Å². The van der Waals surface area contributed by atoms with Gasteiger partial charge in [0, 0.05) is 0 Å². The van der Waals surface area contributed by atoms with Crippen LogP contribution in [0.2, 0.25) is 0 Å². The molecule has 0 heterocycles. The summed E-state index contributed by atoms with van der Waals surface area (Å²) in [5.41, 5.74) is 6.15. The topological polar surface area (TPSA) is 59.1 Å². The van der Waals surface area contributed by atoms with Crippen LogP contribution in [0.1, 0.15) is 32.3 Å². The molecule has 1 aromatic carbocycles. The Balaban J connectivity index is 2.88. The van der Waals surface area contributed by atoms with Gasteiger partial charge in [0.2, 0.25) is 0 Å². The molecule has 0 atom stereocenters. The van der Waals surface area contributed by atoms with Crippen molar-refractivity contribution < 1.29 is 4.74 Å². The van der Waals surface area contributed by atoms with Gasteiger partial charge in [-0.05, 0) is 25.0 Å². The van der Waals surface area contributed by atoms with E-state index >= 15 is 0 Å². The summed E-state index contributed by atoms with van der Waals surface area (Å²) in [4.78, 5) is 0. The standard InChI is InChI=1S/C12H18N2O/c1-3-9(4-2)15-11-8-6-5-7-10(11)12(13)14/h5-9H,3-4H2,1-2H3,(H3,13,14). The van der Waals surface area contributed by atoms with Crippen molar-refractivity contribution in [2.24, 2.45) is 5.73 Å². The monoisotopic (exact) mass is 206 g/mol. The number of nitrogens with two attached hydrogens (primary N) is 1. The van der Waals surface area contributed by atoms with E-state index in [-0.39, 0.29) is 11.9 Å². The van der Waals surface area contributed by atoms with Crippen LogP contribution in [0.3, 0.4) is 0 Å². The number of amidine groups is 1. The Kier molecular flexibility index (Phi) is 4.16. The minimum absolute atomic E-state index is 0.0524. The summed E-state index contributed by atoms with van der Waals surface area (Å²) in [5, 5.41) is 7.43. The van der Waals surface area contributed by atoms with Gasteiger partial charge in [0.15, 0.2) is 0 Å². The summed E-state index contributed by atoms with van der Waals surface area (Å²) in [7, 11) is 0. The van der Waals surface area contributed by atoms with E-state index in [1.165, 1.54) is 0 Å². The van der Waals surface area contributed by atoms with Crippen molar-refractivity contribution in [2.45, 2.75) is 32.8 Å². The van der Waals surface area contributed by atoms with E-state index in [2.05, 4.69) is 13.8 Å². The van der Waals surface area contributed by atoms with Crippen LogP contribution in [0.4, 0.5) is 0 Å². The summed E-state index contributed by atoms with van der Waals surface area (Å²) in [6.07, 6.45) is 2.12. The number of nitrogen functional groups attached to an aromatic ring is 1. The van der Waals surface area contributed by atoms with Gasteiger partial charge in [-0.15, -0.1) is 0 Å². The Bertz CT molecular complexity index is 332. The van der Waals surface area contributed by atoms with Gasteiger partial charge in [-0.3, -0.25) is 5.41 Å². The second kappa shape index (κ2) is 5.39. The van der Waals surface area contributed by atoms with E-state index in [1.54, 1.807) is 6.07 Å². The molecule has 0 fully saturated rings. The molecule has 0 aliphatic rings. The SMILES string of the molecule is CCC(CC)Oc1ccccc1C(=N)N. The largest absolute Gasteiger partial charge is 0.490 e. The van der Waals surface area contributed by atoms with Crippen LogP contribution in [0.15, 0.2) is 24.3 Å². The lowest BCUT2D eigenvalue weighted by molar-refractivity contribution is 0.192. The lowest BCUT2D eigenvalue weighted by atomic mass is 10.1. The number of rotatable bonds is 5. The molecule has 0 aliphatic carbocycles. The highest BCUT2D eigenvalue weighted by atomic mass is 16.5. The number of benzene rings is 1. The van der Waals surface area contributed by atoms with Crippen molar-refractivity contribution in [2.75, 3.05) is 0 Å². The van der Waals surface area contributed by atoms with E-state index in [0.29, 0.717) is 11.3 Å². The first-order valence-corrected chi connectivity index (χ1v) is 5.29. The molecule has 15 heavy (non-hydrogen) atoms. The molecule has 3 N–H and O–H groups in total. The number of hydrogen-bond donors (Lipinski definition) is 2. The first-order valence-electron chi connectivity index (χ1n) is 5.29. The predicted octanol–water partition coefficient (Wildman–Crippen LogP) is 2.54. The Labute approximate surface area is 90.8 Å². The zero-order chi connectivity index (χ0) is 11.3. The van der Waals surface area contributed by atoms with Crippen LogP contribution in [0, 0.1) is 5.41 Å². The molecule has 0 aromatic heterocycles. The zero-order valence-electron chi connectivity index (χ0n) is 9.29.